The second kappa shape index (κ2) is 5.87. The van der Waals surface area contributed by atoms with E-state index in [4.69, 9.17) is 4.98 Å². The van der Waals surface area contributed by atoms with E-state index in [2.05, 4.69) is 63.4 Å². The maximum absolute atomic E-state index is 4.92. The number of rotatable bonds is 5. The molecule has 2 aromatic rings. The lowest BCUT2D eigenvalue weighted by Crippen LogP contribution is -2.25. The maximum atomic E-state index is 4.92. The zero-order valence-corrected chi connectivity index (χ0v) is 13.1. The minimum absolute atomic E-state index is 0.0824. The first-order valence-corrected chi connectivity index (χ1v) is 8.03. The topological polar surface area (TPSA) is 12.9 Å². The van der Waals surface area contributed by atoms with E-state index in [9.17, 15) is 0 Å². The van der Waals surface area contributed by atoms with Crippen LogP contribution in [0.25, 0.3) is 0 Å². The molecule has 0 unspecified atom stereocenters. The Morgan fingerprint density at radius 2 is 1.74 bits per heavy atom. The van der Waals surface area contributed by atoms with E-state index < -0.39 is 0 Å². The van der Waals surface area contributed by atoms with Crippen molar-refractivity contribution < 1.29 is 0 Å². The third-order valence-corrected chi connectivity index (χ3v) is 5.12. The Balaban J connectivity index is 2.49. The molecule has 2 rings (SSSR count). The van der Waals surface area contributed by atoms with Crippen molar-refractivity contribution in [2.75, 3.05) is 0 Å². The quantitative estimate of drug-likeness (QED) is 0.713. The smallest absolute Gasteiger partial charge is 0.103 e. The summed E-state index contributed by atoms with van der Waals surface area (Å²) in [6.45, 7) is 8.96. The summed E-state index contributed by atoms with van der Waals surface area (Å²) in [4.78, 5) is 4.92. The van der Waals surface area contributed by atoms with Crippen LogP contribution in [0, 0.1) is 0 Å². The lowest BCUT2D eigenvalue weighted by Gasteiger charge is -2.30. The van der Waals surface area contributed by atoms with Gasteiger partial charge in [-0.05, 0) is 24.3 Å². The zero-order chi connectivity index (χ0) is 13.9. The van der Waals surface area contributed by atoms with Crippen molar-refractivity contribution in [1.82, 2.24) is 4.98 Å². The average Bonchev–Trinajstić information content (AvgIpc) is 2.93. The van der Waals surface area contributed by atoms with Gasteiger partial charge in [0.1, 0.15) is 5.01 Å². The summed E-state index contributed by atoms with van der Waals surface area (Å²) in [6, 6.07) is 10.8. The van der Waals surface area contributed by atoms with E-state index in [-0.39, 0.29) is 5.41 Å². The molecule has 0 bridgehead atoms. The molecule has 0 aliphatic carbocycles. The molecule has 0 radical (unpaired) electrons. The Morgan fingerprint density at radius 1 is 1.11 bits per heavy atom. The van der Waals surface area contributed by atoms with Crippen molar-refractivity contribution in [3.63, 3.8) is 0 Å². The van der Waals surface area contributed by atoms with E-state index in [0.29, 0.717) is 5.92 Å². The van der Waals surface area contributed by atoms with Crippen molar-refractivity contribution in [2.45, 2.75) is 51.9 Å². The molecule has 1 aromatic heterocycles. The van der Waals surface area contributed by atoms with Gasteiger partial charge in [-0.25, -0.2) is 4.98 Å². The number of aromatic nitrogens is 1. The summed E-state index contributed by atoms with van der Waals surface area (Å²) in [5.41, 5.74) is 2.70. The van der Waals surface area contributed by atoms with E-state index in [0.717, 1.165) is 12.8 Å². The lowest BCUT2D eigenvalue weighted by atomic mass is 9.76. The predicted molar refractivity (Wildman–Crippen MR) is 84.0 cm³/mol. The minimum Gasteiger partial charge on any atom is -0.245 e. The molecule has 0 saturated carbocycles. The molecular weight excluding hydrogens is 250 g/mol. The first kappa shape index (κ1) is 14.3. The van der Waals surface area contributed by atoms with Crippen LogP contribution in [0.1, 0.15) is 62.7 Å². The number of benzene rings is 1. The molecule has 1 heterocycles. The fourth-order valence-electron chi connectivity index (χ4n) is 2.61. The Morgan fingerprint density at radius 3 is 2.21 bits per heavy atom. The van der Waals surface area contributed by atoms with Gasteiger partial charge in [-0.2, -0.15) is 0 Å². The monoisotopic (exact) mass is 273 g/mol. The number of hydrogen-bond donors (Lipinski definition) is 0. The highest BCUT2D eigenvalue weighted by Crippen LogP contribution is 2.40. The van der Waals surface area contributed by atoms with Crippen LogP contribution in [-0.2, 0) is 5.41 Å². The van der Waals surface area contributed by atoms with Gasteiger partial charge in [0, 0.05) is 10.8 Å². The highest BCUT2D eigenvalue weighted by atomic mass is 32.1. The molecule has 2 heteroatoms. The molecule has 0 aliphatic heterocycles. The van der Waals surface area contributed by atoms with Crippen molar-refractivity contribution in [3.8, 4) is 0 Å². The molecule has 0 fully saturated rings. The van der Waals surface area contributed by atoms with Crippen LogP contribution in [0.15, 0.2) is 35.7 Å². The molecule has 19 heavy (non-hydrogen) atoms. The molecule has 0 saturated heterocycles. The number of nitrogens with zero attached hydrogens (tertiary/aromatic N) is 1. The fourth-order valence-corrected chi connectivity index (χ4v) is 3.96. The fraction of sp³-hybridized carbons (Fsp3) is 0.471. The molecule has 0 amide bonds. The molecule has 102 valence electrons. The SMILES string of the molecule is CCC(CC)(c1ccccc1)c1nc(C(C)C)cs1. The molecule has 0 N–H and O–H groups in total. The standard InChI is InChI=1S/C17H23NS/c1-5-17(6-2,14-10-8-7-9-11-14)16-18-15(12-19-16)13(3)4/h7-13H,5-6H2,1-4H3. The van der Waals surface area contributed by atoms with Crippen LogP contribution in [0.5, 0.6) is 0 Å². The Kier molecular flexibility index (Phi) is 4.41. The van der Waals surface area contributed by atoms with Crippen molar-refractivity contribution >= 4 is 11.3 Å². The molecule has 1 nitrogen and oxygen atoms in total. The van der Waals surface area contributed by atoms with Gasteiger partial charge in [0.2, 0.25) is 0 Å². The van der Waals surface area contributed by atoms with Crippen molar-refractivity contribution in [2.24, 2.45) is 0 Å². The van der Waals surface area contributed by atoms with Gasteiger partial charge in [0.25, 0.3) is 0 Å². The van der Waals surface area contributed by atoms with Gasteiger partial charge in [0.15, 0.2) is 0 Å². The molecule has 1 aromatic carbocycles. The molecule has 0 atom stereocenters. The summed E-state index contributed by atoms with van der Waals surface area (Å²) in [5.74, 6) is 0.507. The van der Waals surface area contributed by atoms with E-state index in [1.165, 1.54) is 16.3 Å². The van der Waals surface area contributed by atoms with Crippen LogP contribution in [-0.4, -0.2) is 4.98 Å². The van der Waals surface area contributed by atoms with Crippen LogP contribution in [0.4, 0.5) is 0 Å². The summed E-state index contributed by atoms with van der Waals surface area (Å²) in [7, 11) is 0. The number of hydrogen-bond acceptors (Lipinski definition) is 2. The summed E-state index contributed by atoms with van der Waals surface area (Å²) in [5, 5.41) is 3.50. The van der Waals surface area contributed by atoms with E-state index >= 15 is 0 Å². The van der Waals surface area contributed by atoms with Crippen molar-refractivity contribution in [3.05, 3.63) is 52.0 Å². The van der Waals surface area contributed by atoms with Gasteiger partial charge in [-0.15, -0.1) is 11.3 Å². The van der Waals surface area contributed by atoms with Gasteiger partial charge in [0.05, 0.1) is 5.69 Å². The third-order valence-electron chi connectivity index (χ3n) is 4.06. The minimum atomic E-state index is 0.0824. The predicted octanol–water partition coefficient (Wildman–Crippen LogP) is 5.37. The average molecular weight is 273 g/mol. The second-order valence-corrected chi connectivity index (χ2v) is 6.25. The Bertz CT molecular complexity index is 509. The molecule has 0 aliphatic rings. The van der Waals surface area contributed by atoms with Crippen LogP contribution < -0.4 is 0 Å². The van der Waals surface area contributed by atoms with Gasteiger partial charge in [-0.1, -0.05) is 58.0 Å². The molecule has 0 spiro atoms. The normalized spacial score (nSPS) is 12.1. The van der Waals surface area contributed by atoms with Gasteiger partial charge >= 0.3 is 0 Å². The zero-order valence-electron chi connectivity index (χ0n) is 12.3. The highest BCUT2D eigenvalue weighted by Gasteiger charge is 2.33. The third kappa shape index (κ3) is 2.59. The summed E-state index contributed by atoms with van der Waals surface area (Å²) in [6.07, 6.45) is 2.19. The lowest BCUT2D eigenvalue weighted by molar-refractivity contribution is 0.474. The van der Waals surface area contributed by atoms with Crippen LogP contribution in [0.3, 0.4) is 0 Å². The van der Waals surface area contributed by atoms with E-state index in [1.807, 2.05) is 11.3 Å². The number of thiazole rings is 1. The summed E-state index contributed by atoms with van der Waals surface area (Å²) < 4.78 is 0. The van der Waals surface area contributed by atoms with Crippen LogP contribution >= 0.6 is 11.3 Å². The first-order valence-electron chi connectivity index (χ1n) is 7.15. The van der Waals surface area contributed by atoms with E-state index in [1.54, 1.807) is 0 Å². The molecular formula is C17H23NS. The highest BCUT2D eigenvalue weighted by molar-refractivity contribution is 7.09. The van der Waals surface area contributed by atoms with Gasteiger partial charge < -0.3 is 0 Å². The largest absolute Gasteiger partial charge is 0.245 e. The van der Waals surface area contributed by atoms with Crippen molar-refractivity contribution in [1.29, 1.82) is 0 Å². The Hall–Kier alpha value is -1.15. The first-order chi connectivity index (χ1) is 9.14. The van der Waals surface area contributed by atoms with Crippen LogP contribution in [0.2, 0.25) is 0 Å². The summed E-state index contributed by atoms with van der Waals surface area (Å²) >= 11 is 1.82. The second-order valence-electron chi connectivity index (χ2n) is 5.39. The van der Waals surface area contributed by atoms with Gasteiger partial charge in [-0.3, -0.25) is 0 Å². The maximum Gasteiger partial charge on any atom is 0.103 e. The Labute approximate surface area is 120 Å².